The number of nitrogens with zero attached hydrogens (tertiary/aromatic N) is 5. The lowest BCUT2D eigenvalue weighted by molar-refractivity contribution is -0.665. The summed E-state index contributed by atoms with van der Waals surface area (Å²) in [5.74, 6) is 1.07. The highest BCUT2D eigenvalue weighted by Crippen LogP contribution is 2.39. The Balaban J connectivity index is 0.000000157. The van der Waals surface area contributed by atoms with E-state index in [1.807, 2.05) is 0 Å². The maximum Gasteiger partial charge on any atom is 0.220 e. The summed E-state index contributed by atoms with van der Waals surface area (Å²) >= 11 is 0. The van der Waals surface area contributed by atoms with Crippen LogP contribution in [0.25, 0.3) is 110 Å². The molecule has 0 radical (unpaired) electrons. The van der Waals surface area contributed by atoms with E-state index in [0.29, 0.717) is 11.8 Å². The van der Waals surface area contributed by atoms with Crippen LogP contribution in [0.5, 0.6) is 0 Å². The third-order valence-corrected chi connectivity index (χ3v) is 38.7. The predicted molar refractivity (Wildman–Crippen MR) is 586 cm³/mol. The Kier molecular flexibility index (Phi) is 30.8. The van der Waals surface area contributed by atoms with Gasteiger partial charge in [0.05, 0.1) is 84.0 Å². The van der Waals surface area contributed by atoms with E-state index in [4.69, 9.17) is 0 Å². The maximum atomic E-state index is 2.44. The van der Waals surface area contributed by atoms with E-state index in [1.165, 1.54) is 237 Å². The normalized spacial score (nSPS) is 12.1. The first-order chi connectivity index (χ1) is 60.6. The molecule has 0 N–H and O–H groups in total. The summed E-state index contributed by atoms with van der Waals surface area (Å²) < 4.78 is 11.8. The molecule has 0 bridgehead atoms. The van der Waals surface area contributed by atoms with Gasteiger partial charge in [0.25, 0.3) is 0 Å². The highest BCUT2D eigenvalue weighted by molar-refractivity contribution is 6.90. The first kappa shape index (κ1) is 101. The summed E-state index contributed by atoms with van der Waals surface area (Å²) in [6, 6.07) is 75.4. The van der Waals surface area contributed by atoms with Crippen LogP contribution in [-0.2, 0) is 54.5 Å². The Morgan fingerprint density at radius 2 is 0.500 bits per heavy atom. The first-order valence-corrected chi connectivity index (χ1v) is 65.8. The van der Waals surface area contributed by atoms with Gasteiger partial charge in [-0.25, -0.2) is 0 Å². The Morgan fingerprint density at radius 3 is 0.800 bits per heavy atom. The lowest BCUT2D eigenvalue weighted by atomic mass is 9.90. The van der Waals surface area contributed by atoms with Gasteiger partial charge in [-0.3, -0.25) is 0 Å². The summed E-state index contributed by atoms with van der Waals surface area (Å²) in [6.45, 7) is 81.1. The molecule has 0 unspecified atom stereocenters. The smallest absolute Gasteiger partial charge is 0.198 e. The summed E-state index contributed by atoms with van der Waals surface area (Å²) in [4.78, 5) is 0. The molecule has 0 saturated heterocycles. The topological polar surface area (TPSA) is 19.4 Å². The van der Waals surface area contributed by atoms with Crippen LogP contribution in [-0.4, -0.2) is 40.4 Å². The number of hydrogen-bond acceptors (Lipinski definition) is 0. The predicted octanol–water partition coefficient (Wildman–Crippen LogP) is 27.3. The van der Waals surface area contributed by atoms with Crippen molar-refractivity contribution in [3.8, 4) is 56.3 Å². The molecule has 0 aliphatic carbocycles. The van der Waals surface area contributed by atoms with Gasteiger partial charge in [-0.1, -0.05) is 281 Å². The van der Waals surface area contributed by atoms with Gasteiger partial charge in [0.2, 0.25) is 28.5 Å². The number of aromatic nitrogens is 5. The molecule has 5 heterocycles. The molecule has 10 heteroatoms. The molecule has 0 aliphatic rings. The van der Waals surface area contributed by atoms with E-state index in [0.717, 1.165) is 19.3 Å². The fraction of sp³-hybridized carbons (Fsp3) is 0.375. The number of aryl methyl sites for hydroxylation is 13. The first-order valence-electron chi connectivity index (χ1n) is 48.3. The molecule has 0 atom stereocenters. The van der Waals surface area contributed by atoms with E-state index in [-0.39, 0.29) is 0 Å². The van der Waals surface area contributed by atoms with Crippen LogP contribution in [0.1, 0.15) is 161 Å². The molecule has 0 aliphatic heterocycles. The zero-order chi connectivity index (χ0) is 96.1. The lowest BCUT2D eigenvalue weighted by Gasteiger charge is -2.19. The van der Waals surface area contributed by atoms with Gasteiger partial charge in [0.1, 0.15) is 35.2 Å². The average Bonchev–Trinajstić information content (AvgIpc) is 0.776. The van der Waals surface area contributed by atoms with Gasteiger partial charge in [-0.05, 0) is 241 Å². The average molecular weight is 1810 g/mol. The van der Waals surface area contributed by atoms with Crippen LogP contribution in [0.15, 0.2) is 194 Å². The Hall–Kier alpha value is -9.67. The minimum Gasteiger partial charge on any atom is -0.198 e. The fourth-order valence-corrected chi connectivity index (χ4v) is 24.5. The minimum absolute atomic E-state index is 0.530. The lowest BCUT2D eigenvalue weighted by Crippen LogP contribution is -2.38. The summed E-state index contributed by atoms with van der Waals surface area (Å²) in [5.41, 5.74) is 38.1. The van der Waals surface area contributed by atoms with Crippen molar-refractivity contribution in [3.63, 3.8) is 0 Å². The molecular formula is C120H160N5Si5+5. The quantitative estimate of drug-likeness (QED) is 0.0720. The number of rotatable bonds is 15. The highest BCUT2D eigenvalue weighted by atomic mass is 28.3. The summed E-state index contributed by atoms with van der Waals surface area (Å²) in [6.07, 6.45) is 3.23. The van der Waals surface area contributed by atoms with Crippen LogP contribution in [0.2, 0.25) is 98.2 Å². The van der Waals surface area contributed by atoms with E-state index >= 15 is 0 Å². The second-order valence-electron chi connectivity index (χ2n) is 44.0. The largest absolute Gasteiger partial charge is 0.220 e. The molecule has 0 fully saturated rings. The number of fused-ring (bicyclic) bond motifs is 5. The van der Waals surface area contributed by atoms with Crippen LogP contribution in [0.4, 0.5) is 0 Å². The summed E-state index contributed by atoms with van der Waals surface area (Å²) in [5, 5.41) is 21.2. The van der Waals surface area contributed by atoms with Crippen LogP contribution >= 0.6 is 0 Å². The third kappa shape index (κ3) is 21.8. The molecule has 5 aromatic heterocycles. The van der Waals surface area contributed by atoms with Crippen molar-refractivity contribution in [2.75, 3.05) is 0 Å². The third-order valence-electron chi connectivity index (χ3n) is 28.5. The van der Waals surface area contributed by atoms with Crippen molar-refractivity contribution in [1.29, 1.82) is 0 Å². The minimum atomic E-state index is -1.33. The van der Waals surface area contributed by atoms with Crippen LogP contribution in [0.3, 0.4) is 0 Å². The molecule has 10 aromatic carbocycles. The van der Waals surface area contributed by atoms with Gasteiger partial charge in [0.15, 0.2) is 28.5 Å². The maximum absolute atomic E-state index is 2.44. The molecule has 0 saturated carbocycles. The second-order valence-corrected chi connectivity index (χ2v) is 69.4. The van der Waals surface area contributed by atoms with Crippen molar-refractivity contribution in [1.82, 2.24) is 0 Å². The van der Waals surface area contributed by atoms with Crippen molar-refractivity contribution < 1.29 is 22.8 Å². The Bertz CT molecular complexity index is 6730. The van der Waals surface area contributed by atoms with E-state index in [2.05, 4.69) is 489 Å². The van der Waals surface area contributed by atoms with Gasteiger partial charge >= 0.3 is 0 Å². The zero-order valence-electron chi connectivity index (χ0n) is 88.0. The van der Waals surface area contributed by atoms with Gasteiger partial charge in [-0.2, -0.15) is 22.8 Å². The Labute approximate surface area is 791 Å². The van der Waals surface area contributed by atoms with Crippen molar-refractivity contribution in [2.45, 2.75) is 268 Å². The van der Waals surface area contributed by atoms with E-state index in [9.17, 15) is 0 Å². The van der Waals surface area contributed by atoms with Gasteiger partial charge < -0.3 is 0 Å². The molecule has 0 amide bonds. The molecule has 15 aromatic rings. The Morgan fingerprint density at radius 1 is 0.231 bits per heavy atom. The van der Waals surface area contributed by atoms with E-state index in [1.54, 1.807) is 0 Å². The molecule has 0 spiro atoms. The molecule has 130 heavy (non-hydrogen) atoms. The van der Waals surface area contributed by atoms with Gasteiger partial charge in [0, 0.05) is 76.1 Å². The van der Waals surface area contributed by atoms with Crippen molar-refractivity contribution >= 4 is 120 Å². The van der Waals surface area contributed by atoms with Crippen molar-refractivity contribution in [2.24, 2.45) is 35.2 Å². The van der Waals surface area contributed by atoms with Crippen LogP contribution < -0.4 is 48.8 Å². The highest BCUT2D eigenvalue weighted by Gasteiger charge is 2.31. The molecule has 5 nitrogen and oxygen atoms in total. The molecule has 680 valence electrons. The monoisotopic (exact) mass is 1810 g/mol. The zero-order valence-corrected chi connectivity index (χ0v) is 93.0. The number of benzene rings is 10. The molecular weight excluding hydrogens is 1650 g/mol. The van der Waals surface area contributed by atoms with Crippen molar-refractivity contribution in [3.05, 3.63) is 295 Å². The number of hydrogen-bond donors (Lipinski definition) is 0. The van der Waals surface area contributed by atoms with Gasteiger partial charge in [-0.15, -0.1) is 0 Å². The molecule has 15 rings (SSSR count). The summed E-state index contributed by atoms with van der Waals surface area (Å²) in [7, 11) is 4.38. The standard InChI is InChI=1S/2C25H34NSi.C24H32NSi.2C23H30NSi/c1-16(2)20-12-17(3)19(5)24(15-20)25-23-11-10-22(27(7,8)9)14-21(23)13-18(4)26(25)6;1-9-19-14-20(10-2)18(4)24(15-19)25-23-12-11-22(27(6,7)8)16-21(23)13-17(3)26(25)5;1-16(2)19-10-9-17(3)23(15-19)24-22-12-11-21(26(6,7)8)14-20(22)13-18(4)25(24)5;1-15-11-16(2)18(4)22(12-15)23-21-10-9-20(25(6,7)8)14-19(21)13-17(3)24(23)5;1-8-18-10-9-16(2)22(14-18)23-21-12-11-20(25(5,6)7)15-19(21)13-17(3)24(23)4/h10-16H,1-9H3;11-16H,9-10H2,1-8H3;9-16H,1-8H3;9-14H,1-8H3;9-15H,8H2,1-7H3/q5*+1. The fourth-order valence-electron chi connectivity index (χ4n) is 18.7. The number of pyridine rings is 5. The van der Waals surface area contributed by atoms with E-state index < -0.39 is 40.4 Å². The second kappa shape index (κ2) is 39.6. The SMILES string of the molecule is CCc1cc(CC)c(C)c(-c2c3ccc([Si](C)(C)C)cc3cc(C)[n+]2C)c1.CCc1ccc(C)c(-c2c3ccc([Si](C)(C)C)cc3cc(C)[n+]2C)c1.Cc1cc(C(C)C)cc(-c2c3ccc([Si](C)(C)C)cc3cc(C)[n+]2C)c1C.Cc1cc(C)c(C)c(-c2c3ccc([Si](C)(C)C)cc3cc(C)[n+]2C)c1.Cc1ccc(C(C)C)cc1-c1c2ccc([Si](C)(C)C)cc2cc(C)[n+]1C. The van der Waals surface area contributed by atoms with Crippen LogP contribution in [0, 0.1) is 90.0 Å².